The number of hydrogen-bond donors (Lipinski definition) is 1. The van der Waals surface area contributed by atoms with Crippen molar-refractivity contribution in [2.24, 2.45) is 11.7 Å². The highest BCUT2D eigenvalue weighted by atomic mass is 19.1. The molecule has 0 saturated heterocycles. The Morgan fingerprint density at radius 1 is 1.22 bits per heavy atom. The topological polar surface area (TPSA) is 29.3 Å². The van der Waals surface area contributed by atoms with Crippen LogP contribution in [0.5, 0.6) is 0 Å². The fourth-order valence-corrected chi connectivity index (χ4v) is 2.05. The third kappa shape index (κ3) is 3.67. The summed E-state index contributed by atoms with van der Waals surface area (Å²) in [4.78, 5) is 1.74. The van der Waals surface area contributed by atoms with Gasteiger partial charge in [-0.3, -0.25) is 0 Å². The number of rotatable bonds is 6. The first-order chi connectivity index (χ1) is 8.49. The molecule has 0 heterocycles. The molecule has 2 N–H and O–H groups in total. The van der Waals surface area contributed by atoms with Gasteiger partial charge in [-0.2, -0.15) is 0 Å². The number of anilines is 1. The van der Waals surface area contributed by atoms with Crippen LogP contribution in [0.15, 0.2) is 12.1 Å². The van der Waals surface area contributed by atoms with Gasteiger partial charge in [-0.05, 0) is 43.5 Å². The van der Waals surface area contributed by atoms with Crippen LogP contribution in [-0.2, 0) is 6.42 Å². The van der Waals surface area contributed by atoms with E-state index >= 15 is 0 Å². The highest BCUT2D eigenvalue weighted by Crippen LogP contribution is 2.25. The van der Waals surface area contributed by atoms with Crippen LogP contribution in [0.25, 0.3) is 0 Å². The lowest BCUT2D eigenvalue weighted by Crippen LogP contribution is -2.29. The monoisotopic (exact) mass is 256 g/mol. The summed E-state index contributed by atoms with van der Waals surface area (Å²) >= 11 is 0. The second-order valence-corrected chi connectivity index (χ2v) is 4.88. The Morgan fingerprint density at radius 2 is 1.78 bits per heavy atom. The molecule has 0 aromatic heterocycles. The van der Waals surface area contributed by atoms with E-state index in [1.54, 1.807) is 4.90 Å². The van der Waals surface area contributed by atoms with Crippen molar-refractivity contribution in [3.05, 3.63) is 29.3 Å². The molecule has 0 amide bonds. The molecule has 2 nitrogen and oxygen atoms in total. The molecule has 102 valence electrons. The fourth-order valence-electron chi connectivity index (χ4n) is 2.05. The maximum Gasteiger partial charge on any atom is 0.149 e. The second-order valence-electron chi connectivity index (χ2n) is 4.88. The van der Waals surface area contributed by atoms with Crippen molar-refractivity contribution in [3.63, 3.8) is 0 Å². The van der Waals surface area contributed by atoms with Gasteiger partial charge in [0.2, 0.25) is 0 Å². The van der Waals surface area contributed by atoms with Crippen LogP contribution in [0.3, 0.4) is 0 Å². The van der Waals surface area contributed by atoms with Gasteiger partial charge in [-0.15, -0.1) is 0 Å². The average Bonchev–Trinajstić information content (AvgIpc) is 2.26. The van der Waals surface area contributed by atoms with E-state index in [0.29, 0.717) is 37.5 Å². The summed E-state index contributed by atoms with van der Waals surface area (Å²) in [6.07, 6.45) is 0.491. The Balaban J connectivity index is 3.07. The maximum atomic E-state index is 14.0. The molecule has 4 heteroatoms. The van der Waals surface area contributed by atoms with Crippen LogP contribution < -0.4 is 10.6 Å². The van der Waals surface area contributed by atoms with Crippen molar-refractivity contribution < 1.29 is 8.78 Å². The molecule has 1 rings (SSSR count). The Kier molecular flexibility index (Phi) is 5.54. The molecule has 0 aliphatic rings. The van der Waals surface area contributed by atoms with Gasteiger partial charge < -0.3 is 10.6 Å². The molecule has 0 atom stereocenters. The first kappa shape index (κ1) is 14.9. The van der Waals surface area contributed by atoms with Crippen LogP contribution in [0.4, 0.5) is 14.5 Å². The minimum atomic E-state index is -0.499. The lowest BCUT2D eigenvalue weighted by Gasteiger charge is -2.26. The highest BCUT2D eigenvalue weighted by molar-refractivity contribution is 5.50. The molecule has 0 aliphatic heterocycles. The summed E-state index contributed by atoms with van der Waals surface area (Å²) in [7, 11) is 0. The van der Waals surface area contributed by atoms with Crippen LogP contribution in [-0.4, -0.2) is 19.6 Å². The van der Waals surface area contributed by atoms with Crippen molar-refractivity contribution in [3.8, 4) is 0 Å². The first-order valence-corrected chi connectivity index (χ1v) is 6.42. The minimum Gasteiger partial charge on any atom is -0.367 e. The van der Waals surface area contributed by atoms with E-state index in [2.05, 4.69) is 0 Å². The maximum absolute atomic E-state index is 14.0. The van der Waals surface area contributed by atoms with Gasteiger partial charge in [-0.1, -0.05) is 13.8 Å². The van der Waals surface area contributed by atoms with Gasteiger partial charge in [0.25, 0.3) is 0 Å². The van der Waals surface area contributed by atoms with Crippen LogP contribution in [0.2, 0.25) is 0 Å². The summed E-state index contributed by atoms with van der Waals surface area (Å²) in [6, 6.07) is 2.77. The van der Waals surface area contributed by atoms with Crippen molar-refractivity contribution in [1.82, 2.24) is 0 Å². The largest absolute Gasteiger partial charge is 0.367 e. The third-order valence-electron chi connectivity index (χ3n) is 2.79. The number of nitrogens with two attached hydrogens (primary N) is 1. The summed E-state index contributed by atoms with van der Waals surface area (Å²) < 4.78 is 28.0. The van der Waals surface area contributed by atoms with Crippen LogP contribution in [0.1, 0.15) is 26.3 Å². The zero-order valence-electron chi connectivity index (χ0n) is 11.3. The number of hydrogen-bond acceptors (Lipinski definition) is 2. The Hall–Kier alpha value is -1.16. The molecular formula is C14H22F2N2. The summed E-state index contributed by atoms with van der Waals surface area (Å²) in [5.41, 5.74) is 6.08. The highest BCUT2D eigenvalue weighted by Gasteiger charge is 2.17. The summed E-state index contributed by atoms with van der Waals surface area (Å²) in [5, 5.41) is 0. The fraction of sp³-hybridized carbons (Fsp3) is 0.571. The smallest absolute Gasteiger partial charge is 0.149 e. The zero-order valence-corrected chi connectivity index (χ0v) is 11.3. The van der Waals surface area contributed by atoms with Gasteiger partial charge in [0.05, 0.1) is 0 Å². The average molecular weight is 256 g/mol. The van der Waals surface area contributed by atoms with E-state index in [9.17, 15) is 8.78 Å². The summed E-state index contributed by atoms with van der Waals surface area (Å²) in [6.45, 7) is 7.57. The lowest BCUT2D eigenvalue weighted by molar-refractivity contribution is 0.549. The van der Waals surface area contributed by atoms with Crippen LogP contribution >= 0.6 is 0 Å². The van der Waals surface area contributed by atoms with Crippen molar-refractivity contribution in [2.75, 3.05) is 24.5 Å². The molecular weight excluding hydrogens is 234 g/mol. The standard InChI is InChI=1S/C14H22F2N2/c1-4-18(9-10(2)3)14-12(15)7-11(5-6-17)8-13(14)16/h7-8,10H,4-6,9,17H2,1-3H3. The van der Waals surface area contributed by atoms with E-state index in [0.717, 1.165) is 0 Å². The SMILES string of the molecule is CCN(CC(C)C)c1c(F)cc(CCN)cc1F. The minimum absolute atomic E-state index is 0.0759. The Morgan fingerprint density at radius 3 is 2.17 bits per heavy atom. The number of nitrogens with zero attached hydrogens (tertiary/aromatic N) is 1. The van der Waals surface area contributed by atoms with E-state index in [1.807, 2.05) is 20.8 Å². The third-order valence-corrected chi connectivity index (χ3v) is 2.79. The molecule has 0 spiro atoms. The van der Waals surface area contributed by atoms with Crippen molar-refractivity contribution in [1.29, 1.82) is 0 Å². The molecule has 18 heavy (non-hydrogen) atoms. The molecule has 0 radical (unpaired) electrons. The number of halogens is 2. The molecule has 0 aliphatic carbocycles. The van der Waals surface area contributed by atoms with E-state index in [-0.39, 0.29) is 5.69 Å². The Bertz CT molecular complexity index is 368. The summed E-state index contributed by atoms with van der Waals surface area (Å²) in [5.74, 6) is -0.644. The van der Waals surface area contributed by atoms with Gasteiger partial charge in [0.1, 0.15) is 17.3 Å². The van der Waals surface area contributed by atoms with E-state index < -0.39 is 11.6 Å². The van der Waals surface area contributed by atoms with Gasteiger partial charge in [-0.25, -0.2) is 8.78 Å². The lowest BCUT2D eigenvalue weighted by atomic mass is 10.1. The van der Waals surface area contributed by atoms with Gasteiger partial charge in [0.15, 0.2) is 0 Å². The number of benzene rings is 1. The predicted octanol–water partition coefficient (Wildman–Crippen LogP) is 2.95. The molecule has 0 saturated carbocycles. The molecule has 1 aromatic rings. The predicted molar refractivity (Wildman–Crippen MR) is 71.8 cm³/mol. The van der Waals surface area contributed by atoms with E-state index in [4.69, 9.17) is 5.73 Å². The molecule has 0 fully saturated rings. The normalized spacial score (nSPS) is 11.1. The van der Waals surface area contributed by atoms with Crippen molar-refractivity contribution in [2.45, 2.75) is 27.2 Å². The van der Waals surface area contributed by atoms with E-state index in [1.165, 1.54) is 12.1 Å². The molecule has 0 unspecified atom stereocenters. The second kappa shape index (κ2) is 6.69. The van der Waals surface area contributed by atoms with Crippen molar-refractivity contribution >= 4 is 5.69 Å². The quantitative estimate of drug-likeness (QED) is 0.848. The van der Waals surface area contributed by atoms with Crippen LogP contribution in [0, 0.1) is 17.6 Å². The molecule has 0 bridgehead atoms. The zero-order chi connectivity index (χ0) is 13.7. The Labute approximate surface area is 108 Å². The molecule has 1 aromatic carbocycles. The first-order valence-electron chi connectivity index (χ1n) is 6.42. The van der Waals surface area contributed by atoms with Gasteiger partial charge in [0, 0.05) is 13.1 Å². The van der Waals surface area contributed by atoms with Gasteiger partial charge >= 0.3 is 0 Å².